The Labute approximate surface area is 90.7 Å². The zero-order valence-corrected chi connectivity index (χ0v) is 9.33. The molecule has 15 heavy (non-hydrogen) atoms. The first kappa shape index (κ1) is 10.5. The van der Waals surface area contributed by atoms with Gasteiger partial charge in [0.1, 0.15) is 5.82 Å². The van der Waals surface area contributed by atoms with Crippen LogP contribution in [0.2, 0.25) is 0 Å². The molecule has 0 saturated heterocycles. The van der Waals surface area contributed by atoms with E-state index < -0.39 is 0 Å². The molecule has 1 aromatic carbocycles. The first-order valence-corrected chi connectivity index (χ1v) is 5.69. The third-order valence-electron chi connectivity index (χ3n) is 3.03. The lowest BCUT2D eigenvalue weighted by molar-refractivity contribution is 0.477. The number of nitrogens with one attached hydrogen (secondary N) is 1. The van der Waals surface area contributed by atoms with Crippen LogP contribution >= 0.6 is 0 Å². The van der Waals surface area contributed by atoms with E-state index in [0.717, 1.165) is 11.6 Å². The highest BCUT2D eigenvalue weighted by Gasteiger charge is 2.32. The van der Waals surface area contributed by atoms with Crippen LogP contribution in [0, 0.1) is 17.7 Å². The molecule has 1 unspecified atom stereocenters. The molecule has 2 rings (SSSR count). The zero-order valence-electron chi connectivity index (χ0n) is 9.33. The highest BCUT2D eigenvalue weighted by molar-refractivity contribution is 5.44. The first-order chi connectivity index (χ1) is 7.16. The smallest absolute Gasteiger partial charge is 0.123 e. The Morgan fingerprint density at radius 3 is 2.27 bits per heavy atom. The van der Waals surface area contributed by atoms with E-state index in [2.05, 4.69) is 19.2 Å². The number of hydrogen-bond donors (Lipinski definition) is 1. The van der Waals surface area contributed by atoms with Gasteiger partial charge in [-0.3, -0.25) is 0 Å². The summed E-state index contributed by atoms with van der Waals surface area (Å²) in [5.74, 6) is 1.27. The minimum atomic E-state index is -0.173. The maximum Gasteiger partial charge on any atom is 0.123 e. The fourth-order valence-electron chi connectivity index (χ4n) is 2.02. The molecule has 82 valence electrons. The average molecular weight is 207 g/mol. The van der Waals surface area contributed by atoms with E-state index >= 15 is 0 Å². The van der Waals surface area contributed by atoms with E-state index in [1.54, 1.807) is 0 Å². The first-order valence-electron chi connectivity index (χ1n) is 5.69. The lowest BCUT2D eigenvalue weighted by Gasteiger charge is -2.23. The molecule has 2 heteroatoms. The van der Waals surface area contributed by atoms with Crippen molar-refractivity contribution in [3.8, 4) is 0 Å². The van der Waals surface area contributed by atoms with Gasteiger partial charge < -0.3 is 5.32 Å². The number of benzene rings is 1. The molecule has 0 bridgehead atoms. The largest absolute Gasteiger partial charge is 0.382 e. The molecule has 0 aliphatic heterocycles. The van der Waals surface area contributed by atoms with Crippen molar-refractivity contribution >= 4 is 5.69 Å². The van der Waals surface area contributed by atoms with E-state index in [-0.39, 0.29) is 5.82 Å². The molecule has 1 fully saturated rings. The fraction of sp³-hybridized carbons (Fsp3) is 0.538. The summed E-state index contributed by atoms with van der Waals surface area (Å²) in [5, 5.41) is 3.50. The number of hydrogen-bond acceptors (Lipinski definition) is 1. The van der Waals surface area contributed by atoms with Crippen LogP contribution in [0.3, 0.4) is 0 Å². The highest BCUT2D eigenvalue weighted by atomic mass is 19.1. The summed E-state index contributed by atoms with van der Waals surface area (Å²) in [6.07, 6.45) is 2.66. The molecular formula is C13H18FN. The molecule has 0 amide bonds. The summed E-state index contributed by atoms with van der Waals surface area (Å²) in [5.41, 5.74) is 1.03. The Morgan fingerprint density at radius 1 is 1.20 bits per heavy atom. The maximum atomic E-state index is 12.7. The van der Waals surface area contributed by atoms with E-state index in [1.807, 2.05) is 12.1 Å². The van der Waals surface area contributed by atoms with Crippen molar-refractivity contribution in [3.63, 3.8) is 0 Å². The zero-order chi connectivity index (χ0) is 10.8. The second-order valence-corrected chi connectivity index (χ2v) is 4.76. The van der Waals surface area contributed by atoms with E-state index in [0.29, 0.717) is 12.0 Å². The van der Waals surface area contributed by atoms with Crippen LogP contribution in [0.25, 0.3) is 0 Å². The Hall–Kier alpha value is -1.05. The molecule has 0 spiro atoms. The molecule has 1 nitrogen and oxygen atoms in total. The van der Waals surface area contributed by atoms with Crippen LogP contribution in [-0.2, 0) is 0 Å². The van der Waals surface area contributed by atoms with Gasteiger partial charge in [0, 0.05) is 11.7 Å². The van der Waals surface area contributed by atoms with Crippen molar-refractivity contribution in [2.45, 2.75) is 32.7 Å². The molecule has 1 aliphatic carbocycles. The van der Waals surface area contributed by atoms with Crippen molar-refractivity contribution in [3.05, 3.63) is 30.1 Å². The standard InChI is InChI=1S/C13H18FN/c1-9(2)13(10-3-4-10)15-12-7-5-11(14)6-8-12/h5-10,13,15H,3-4H2,1-2H3. The molecule has 1 aromatic rings. The normalized spacial score (nSPS) is 17.9. The van der Waals surface area contributed by atoms with E-state index in [9.17, 15) is 4.39 Å². The molecule has 1 atom stereocenters. The third-order valence-corrected chi connectivity index (χ3v) is 3.03. The van der Waals surface area contributed by atoms with Gasteiger partial charge in [-0.05, 0) is 48.9 Å². The minimum Gasteiger partial charge on any atom is -0.382 e. The Balaban J connectivity index is 2.02. The summed E-state index contributed by atoms with van der Waals surface area (Å²) in [6.45, 7) is 4.47. The predicted octanol–water partition coefficient (Wildman–Crippen LogP) is 3.67. The summed E-state index contributed by atoms with van der Waals surface area (Å²) in [7, 11) is 0. The fourth-order valence-corrected chi connectivity index (χ4v) is 2.02. The van der Waals surface area contributed by atoms with Crippen LogP contribution in [0.5, 0.6) is 0 Å². The Kier molecular flexibility index (Phi) is 2.94. The lowest BCUT2D eigenvalue weighted by atomic mass is 9.99. The van der Waals surface area contributed by atoms with Crippen molar-refractivity contribution in [2.75, 3.05) is 5.32 Å². The third kappa shape index (κ3) is 2.71. The van der Waals surface area contributed by atoms with Gasteiger partial charge in [-0.2, -0.15) is 0 Å². The monoisotopic (exact) mass is 207 g/mol. The average Bonchev–Trinajstić information content (AvgIpc) is 3.00. The van der Waals surface area contributed by atoms with Crippen molar-refractivity contribution < 1.29 is 4.39 Å². The van der Waals surface area contributed by atoms with Gasteiger partial charge in [0.2, 0.25) is 0 Å². The highest BCUT2D eigenvalue weighted by Crippen LogP contribution is 2.37. The number of anilines is 1. The summed E-state index contributed by atoms with van der Waals surface area (Å²) in [6, 6.07) is 7.18. The van der Waals surface area contributed by atoms with Gasteiger partial charge in [0.25, 0.3) is 0 Å². The topological polar surface area (TPSA) is 12.0 Å². The lowest BCUT2D eigenvalue weighted by Crippen LogP contribution is -2.27. The molecule has 1 saturated carbocycles. The van der Waals surface area contributed by atoms with Crippen LogP contribution < -0.4 is 5.32 Å². The second-order valence-electron chi connectivity index (χ2n) is 4.76. The number of halogens is 1. The molecular weight excluding hydrogens is 189 g/mol. The van der Waals surface area contributed by atoms with Crippen molar-refractivity contribution in [1.82, 2.24) is 0 Å². The van der Waals surface area contributed by atoms with Gasteiger partial charge in [0.05, 0.1) is 0 Å². The van der Waals surface area contributed by atoms with Crippen LogP contribution in [0.1, 0.15) is 26.7 Å². The summed E-state index contributed by atoms with van der Waals surface area (Å²) in [4.78, 5) is 0. The van der Waals surface area contributed by atoms with Gasteiger partial charge in [-0.15, -0.1) is 0 Å². The number of rotatable bonds is 4. The summed E-state index contributed by atoms with van der Waals surface area (Å²) < 4.78 is 12.7. The van der Waals surface area contributed by atoms with Crippen molar-refractivity contribution in [2.24, 2.45) is 11.8 Å². The molecule has 0 radical (unpaired) electrons. The molecule has 1 aliphatic rings. The van der Waals surface area contributed by atoms with Gasteiger partial charge >= 0.3 is 0 Å². The summed E-state index contributed by atoms with van der Waals surface area (Å²) >= 11 is 0. The van der Waals surface area contributed by atoms with Crippen LogP contribution in [0.4, 0.5) is 10.1 Å². The van der Waals surface area contributed by atoms with Gasteiger partial charge in [0.15, 0.2) is 0 Å². The molecule has 0 aromatic heterocycles. The van der Waals surface area contributed by atoms with E-state index in [1.165, 1.54) is 25.0 Å². The Morgan fingerprint density at radius 2 is 1.80 bits per heavy atom. The second kappa shape index (κ2) is 4.21. The van der Waals surface area contributed by atoms with Crippen LogP contribution in [0.15, 0.2) is 24.3 Å². The maximum absolute atomic E-state index is 12.7. The SMILES string of the molecule is CC(C)C(Nc1ccc(F)cc1)C1CC1. The van der Waals surface area contributed by atoms with Gasteiger partial charge in [-0.25, -0.2) is 4.39 Å². The van der Waals surface area contributed by atoms with Crippen molar-refractivity contribution in [1.29, 1.82) is 0 Å². The minimum absolute atomic E-state index is 0.173. The van der Waals surface area contributed by atoms with Crippen LogP contribution in [-0.4, -0.2) is 6.04 Å². The Bertz CT molecular complexity index is 312. The van der Waals surface area contributed by atoms with Gasteiger partial charge in [-0.1, -0.05) is 13.8 Å². The van der Waals surface area contributed by atoms with E-state index in [4.69, 9.17) is 0 Å². The molecule has 1 N–H and O–H groups in total. The predicted molar refractivity (Wildman–Crippen MR) is 61.4 cm³/mol. The molecule has 0 heterocycles. The quantitative estimate of drug-likeness (QED) is 0.794.